The molecule has 110 valence electrons. The van der Waals surface area contributed by atoms with Gasteiger partial charge in [0.05, 0.1) is 0 Å². The van der Waals surface area contributed by atoms with E-state index in [-0.39, 0.29) is 12.4 Å². The maximum absolute atomic E-state index is 12.7. The molecule has 0 radical (unpaired) electrons. The first kappa shape index (κ1) is 14.3. The van der Waals surface area contributed by atoms with Gasteiger partial charge in [-0.25, -0.2) is 0 Å². The van der Waals surface area contributed by atoms with Crippen LogP contribution < -0.4 is 11.1 Å². The summed E-state index contributed by atoms with van der Waals surface area (Å²) in [6, 6.07) is 0. The van der Waals surface area contributed by atoms with Crippen molar-refractivity contribution < 1.29 is 19.6 Å². The number of amidine groups is 1. The molecule has 0 aromatic heterocycles. The van der Waals surface area contributed by atoms with Gasteiger partial charge in [-0.3, -0.25) is 19.7 Å². The van der Waals surface area contributed by atoms with Crippen molar-refractivity contribution in [3.8, 4) is 0 Å². The van der Waals surface area contributed by atoms with E-state index in [0.29, 0.717) is 12.8 Å². The van der Waals surface area contributed by atoms with E-state index < -0.39 is 28.7 Å². The molecule has 1 saturated carbocycles. The average molecular weight is 282 g/mol. The van der Waals surface area contributed by atoms with Gasteiger partial charge in [-0.05, 0) is 26.7 Å². The molecule has 2 rings (SSSR count). The highest BCUT2D eigenvalue weighted by Gasteiger charge is 2.55. The number of rotatable bonds is 2. The van der Waals surface area contributed by atoms with Crippen molar-refractivity contribution in [2.45, 2.75) is 38.6 Å². The molecular formula is C12H18N4O4. The fourth-order valence-corrected chi connectivity index (χ4v) is 2.57. The predicted octanol–water partition coefficient (Wildman–Crippen LogP) is -0.833. The number of amides is 3. The zero-order chi connectivity index (χ0) is 15.1. The van der Waals surface area contributed by atoms with E-state index in [4.69, 9.17) is 10.9 Å². The third-order valence-electron chi connectivity index (χ3n) is 4.24. The molecule has 1 aliphatic heterocycles. The number of imide groups is 1. The van der Waals surface area contributed by atoms with Crippen molar-refractivity contribution in [2.24, 2.45) is 16.3 Å². The quantitative estimate of drug-likeness (QED) is 0.200. The Morgan fingerprint density at radius 1 is 1.40 bits per heavy atom. The van der Waals surface area contributed by atoms with E-state index in [2.05, 4.69) is 10.5 Å². The monoisotopic (exact) mass is 282 g/mol. The molecule has 0 atom stereocenters. The summed E-state index contributed by atoms with van der Waals surface area (Å²) in [6.45, 7) is 2.91. The van der Waals surface area contributed by atoms with E-state index in [1.54, 1.807) is 13.8 Å². The summed E-state index contributed by atoms with van der Waals surface area (Å²) in [4.78, 5) is 37.3. The lowest BCUT2D eigenvalue weighted by Crippen LogP contribution is -2.69. The Balaban J connectivity index is 2.36. The third-order valence-corrected chi connectivity index (χ3v) is 4.24. The predicted molar refractivity (Wildman–Crippen MR) is 68.6 cm³/mol. The molecule has 0 aromatic rings. The number of nitrogens with one attached hydrogen (secondary N) is 1. The zero-order valence-corrected chi connectivity index (χ0v) is 11.5. The molecule has 1 heterocycles. The van der Waals surface area contributed by atoms with Crippen LogP contribution in [0.5, 0.6) is 0 Å². The minimum atomic E-state index is -1.15. The van der Waals surface area contributed by atoms with Crippen LogP contribution in [-0.4, -0.2) is 45.7 Å². The van der Waals surface area contributed by atoms with E-state index in [1.807, 2.05) is 0 Å². The van der Waals surface area contributed by atoms with Crippen LogP contribution in [0.15, 0.2) is 5.16 Å². The molecule has 0 aromatic carbocycles. The number of piperazine rings is 1. The Morgan fingerprint density at radius 3 is 2.45 bits per heavy atom. The molecule has 2 fully saturated rings. The van der Waals surface area contributed by atoms with Crippen LogP contribution in [-0.2, 0) is 14.4 Å². The largest absolute Gasteiger partial charge is 0.409 e. The van der Waals surface area contributed by atoms with Crippen molar-refractivity contribution in [3.63, 3.8) is 0 Å². The molecule has 20 heavy (non-hydrogen) atoms. The second kappa shape index (κ2) is 4.46. The van der Waals surface area contributed by atoms with E-state index in [0.717, 1.165) is 6.42 Å². The molecule has 2 aliphatic rings. The van der Waals surface area contributed by atoms with Gasteiger partial charge in [-0.2, -0.15) is 0 Å². The Hall–Kier alpha value is -2.12. The van der Waals surface area contributed by atoms with Crippen LogP contribution >= 0.6 is 0 Å². The normalized spacial score (nSPS) is 24.9. The van der Waals surface area contributed by atoms with Gasteiger partial charge in [0.25, 0.3) is 5.91 Å². The summed E-state index contributed by atoms with van der Waals surface area (Å²) < 4.78 is 0. The molecule has 3 amide bonds. The van der Waals surface area contributed by atoms with Gasteiger partial charge in [0, 0.05) is 0 Å². The van der Waals surface area contributed by atoms with Gasteiger partial charge in [0.1, 0.15) is 17.5 Å². The molecule has 0 bridgehead atoms. The van der Waals surface area contributed by atoms with Crippen LogP contribution in [0, 0.1) is 5.41 Å². The van der Waals surface area contributed by atoms with Gasteiger partial charge < -0.3 is 15.8 Å². The standard InChI is InChI=1S/C12H18N4O4/c1-11(2)9(18)14-7(17)6-16(11)10(19)12(4-3-5-12)8(13)15-20/h20H,3-6H2,1-2H3,(H2,13,15)(H,14,17,18). The molecule has 1 aliphatic carbocycles. The molecule has 8 nitrogen and oxygen atoms in total. The second-order valence-electron chi connectivity index (χ2n) is 5.75. The summed E-state index contributed by atoms with van der Waals surface area (Å²) in [5.41, 5.74) is 3.40. The topological polar surface area (TPSA) is 125 Å². The van der Waals surface area contributed by atoms with E-state index >= 15 is 0 Å². The zero-order valence-electron chi connectivity index (χ0n) is 11.5. The Labute approximate surface area is 116 Å². The number of hydrogen-bond donors (Lipinski definition) is 3. The second-order valence-corrected chi connectivity index (χ2v) is 5.75. The molecule has 4 N–H and O–H groups in total. The van der Waals surface area contributed by atoms with Crippen LogP contribution in [0.4, 0.5) is 0 Å². The first-order chi connectivity index (χ1) is 9.25. The van der Waals surface area contributed by atoms with Crippen LogP contribution in [0.25, 0.3) is 0 Å². The number of nitrogens with two attached hydrogens (primary N) is 1. The van der Waals surface area contributed by atoms with Crippen molar-refractivity contribution in [3.05, 3.63) is 0 Å². The average Bonchev–Trinajstić information content (AvgIpc) is 2.32. The minimum absolute atomic E-state index is 0.164. The number of carbonyl (C=O) groups is 3. The van der Waals surface area contributed by atoms with Gasteiger partial charge in [0.2, 0.25) is 11.8 Å². The summed E-state index contributed by atoms with van der Waals surface area (Å²) in [6.07, 6.45) is 1.67. The fraction of sp³-hybridized carbons (Fsp3) is 0.667. The molecule has 8 heteroatoms. The number of hydrogen-bond acceptors (Lipinski definition) is 5. The lowest BCUT2D eigenvalue weighted by atomic mass is 9.66. The van der Waals surface area contributed by atoms with Gasteiger partial charge in [-0.15, -0.1) is 0 Å². The smallest absolute Gasteiger partial charge is 0.252 e. The van der Waals surface area contributed by atoms with Crippen molar-refractivity contribution in [2.75, 3.05) is 6.54 Å². The first-order valence-corrected chi connectivity index (χ1v) is 6.40. The first-order valence-electron chi connectivity index (χ1n) is 6.40. The molecule has 1 saturated heterocycles. The van der Waals surface area contributed by atoms with Gasteiger partial charge in [0.15, 0.2) is 5.84 Å². The summed E-state index contributed by atoms with van der Waals surface area (Å²) in [5.74, 6) is -1.66. The molecule has 0 spiro atoms. The SMILES string of the molecule is CC1(C)C(=O)NC(=O)CN1C(=O)C1(C(N)=NO)CCC1. The lowest BCUT2D eigenvalue weighted by Gasteiger charge is -2.48. The van der Waals surface area contributed by atoms with Gasteiger partial charge >= 0.3 is 0 Å². The fourth-order valence-electron chi connectivity index (χ4n) is 2.57. The maximum atomic E-state index is 12.7. The van der Waals surface area contributed by atoms with Crippen LogP contribution in [0.3, 0.4) is 0 Å². The van der Waals surface area contributed by atoms with E-state index in [1.165, 1.54) is 4.90 Å². The summed E-state index contributed by atoms with van der Waals surface area (Å²) >= 11 is 0. The third kappa shape index (κ3) is 1.83. The van der Waals surface area contributed by atoms with E-state index in [9.17, 15) is 14.4 Å². The van der Waals surface area contributed by atoms with Crippen molar-refractivity contribution in [1.82, 2.24) is 10.2 Å². The highest BCUT2D eigenvalue weighted by Crippen LogP contribution is 2.44. The Kier molecular flexibility index (Phi) is 3.19. The maximum Gasteiger partial charge on any atom is 0.252 e. The van der Waals surface area contributed by atoms with Gasteiger partial charge in [-0.1, -0.05) is 11.6 Å². The molecular weight excluding hydrogens is 264 g/mol. The van der Waals surface area contributed by atoms with Crippen molar-refractivity contribution >= 4 is 23.6 Å². The summed E-state index contributed by atoms with van der Waals surface area (Å²) in [5, 5.41) is 14.0. The Morgan fingerprint density at radius 2 is 2.00 bits per heavy atom. The van der Waals surface area contributed by atoms with Crippen LogP contribution in [0.1, 0.15) is 33.1 Å². The Bertz CT molecular complexity index is 508. The highest BCUT2D eigenvalue weighted by atomic mass is 16.4. The molecule has 0 unspecified atom stereocenters. The number of carbonyl (C=O) groups excluding carboxylic acids is 3. The minimum Gasteiger partial charge on any atom is -0.409 e. The van der Waals surface area contributed by atoms with Crippen LogP contribution in [0.2, 0.25) is 0 Å². The summed E-state index contributed by atoms with van der Waals surface area (Å²) in [7, 11) is 0. The highest BCUT2D eigenvalue weighted by molar-refractivity contribution is 6.12. The number of nitrogens with zero attached hydrogens (tertiary/aromatic N) is 2. The number of oxime groups is 1. The van der Waals surface area contributed by atoms with Crippen molar-refractivity contribution in [1.29, 1.82) is 0 Å². The lowest BCUT2D eigenvalue weighted by molar-refractivity contribution is -0.161.